The first-order chi connectivity index (χ1) is 7.25. The molecule has 0 radical (unpaired) electrons. The second kappa shape index (κ2) is 4.45. The van der Waals surface area contributed by atoms with Gasteiger partial charge < -0.3 is 0 Å². The Morgan fingerprint density at radius 3 is 2.93 bits per heavy atom. The van der Waals surface area contributed by atoms with Crippen molar-refractivity contribution in [3.8, 4) is 0 Å². The van der Waals surface area contributed by atoms with Gasteiger partial charge in [-0.3, -0.25) is 4.79 Å². The summed E-state index contributed by atoms with van der Waals surface area (Å²) in [7, 11) is 0. The second-order valence-electron chi connectivity index (χ2n) is 3.57. The van der Waals surface area contributed by atoms with Crippen LogP contribution in [0.5, 0.6) is 0 Å². The van der Waals surface area contributed by atoms with Gasteiger partial charge in [-0.1, -0.05) is 47.5 Å². The number of carbonyl (C=O) groups excluding carboxylic acids is 1. The van der Waals surface area contributed by atoms with Crippen LogP contribution in [0, 0.1) is 0 Å². The van der Waals surface area contributed by atoms with Crippen molar-refractivity contribution in [3.05, 3.63) is 58.7 Å². The number of hydrogen-bond acceptors (Lipinski definition) is 1. The normalized spacial score (nSPS) is 14.1. The predicted octanol–water partition coefficient (Wildman–Crippen LogP) is 3.80. The first-order valence-electron chi connectivity index (χ1n) is 4.89. The summed E-state index contributed by atoms with van der Waals surface area (Å²) in [4.78, 5) is 11.8. The van der Waals surface area contributed by atoms with Crippen molar-refractivity contribution in [3.63, 3.8) is 0 Å². The number of benzene rings is 1. The topological polar surface area (TPSA) is 17.1 Å². The molecule has 2 heteroatoms. The van der Waals surface area contributed by atoms with Crippen LogP contribution in [0.25, 0.3) is 0 Å². The van der Waals surface area contributed by atoms with E-state index in [1.54, 1.807) is 24.3 Å². The van der Waals surface area contributed by atoms with E-state index in [-0.39, 0.29) is 5.78 Å². The molecule has 0 bridgehead atoms. The fraction of sp³-hybridized carbons (Fsp3) is 0.154. The van der Waals surface area contributed by atoms with Gasteiger partial charge in [-0.15, -0.1) is 0 Å². The van der Waals surface area contributed by atoms with Gasteiger partial charge in [0.1, 0.15) is 0 Å². The zero-order chi connectivity index (χ0) is 10.7. The Hall–Kier alpha value is -1.34. The maximum atomic E-state index is 11.8. The Kier molecular flexibility index (Phi) is 3.02. The zero-order valence-corrected chi connectivity index (χ0v) is 9.00. The highest BCUT2D eigenvalue weighted by molar-refractivity contribution is 6.31. The van der Waals surface area contributed by atoms with Crippen LogP contribution >= 0.6 is 11.6 Å². The third-order valence-electron chi connectivity index (χ3n) is 2.38. The molecule has 0 spiro atoms. The first-order valence-corrected chi connectivity index (χ1v) is 5.27. The van der Waals surface area contributed by atoms with E-state index in [1.807, 2.05) is 12.2 Å². The monoisotopic (exact) mass is 218 g/mol. The van der Waals surface area contributed by atoms with E-state index in [9.17, 15) is 4.79 Å². The molecule has 76 valence electrons. The summed E-state index contributed by atoms with van der Waals surface area (Å²) in [6.07, 6.45) is 7.43. The van der Waals surface area contributed by atoms with E-state index in [1.165, 1.54) is 5.57 Å². The minimum Gasteiger partial charge on any atom is -0.294 e. The molecule has 1 nitrogen and oxygen atoms in total. The highest BCUT2D eigenvalue weighted by Crippen LogP contribution is 2.19. The van der Waals surface area contributed by atoms with Crippen LogP contribution in [0.1, 0.15) is 23.2 Å². The van der Waals surface area contributed by atoms with Crippen molar-refractivity contribution in [2.75, 3.05) is 0 Å². The molecule has 0 saturated carbocycles. The average molecular weight is 219 g/mol. The minimum absolute atomic E-state index is 0.132. The molecule has 1 aromatic rings. The smallest absolute Gasteiger partial charge is 0.166 e. The fourth-order valence-electron chi connectivity index (χ4n) is 1.59. The zero-order valence-electron chi connectivity index (χ0n) is 8.24. The molecule has 0 N–H and O–H groups in total. The van der Waals surface area contributed by atoms with Crippen molar-refractivity contribution in [2.24, 2.45) is 0 Å². The summed E-state index contributed by atoms with van der Waals surface area (Å²) >= 11 is 5.83. The lowest BCUT2D eigenvalue weighted by atomic mass is 10.0. The summed E-state index contributed by atoms with van der Waals surface area (Å²) in [5.74, 6) is 0.132. The molecule has 0 heterocycles. The van der Waals surface area contributed by atoms with Crippen molar-refractivity contribution in [1.82, 2.24) is 0 Å². The summed E-state index contributed by atoms with van der Waals surface area (Å²) in [5.41, 5.74) is 1.86. The molecule has 15 heavy (non-hydrogen) atoms. The third kappa shape index (κ3) is 2.57. The summed E-state index contributed by atoms with van der Waals surface area (Å²) in [6, 6.07) is 7.09. The molecule has 1 aliphatic carbocycles. The Balaban J connectivity index is 2.08. The Labute approximate surface area is 94.1 Å². The van der Waals surface area contributed by atoms with E-state index in [4.69, 9.17) is 11.6 Å². The highest BCUT2D eigenvalue weighted by atomic mass is 35.5. The first kappa shape index (κ1) is 10.2. The minimum atomic E-state index is 0.132. The van der Waals surface area contributed by atoms with Crippen molar-refractivity contribution < 1.29 is 4.79 Å². The van der Waals surface area contributed by atoms with E-state index in [0.29, 0.717) is 17.0 Å². The lowest BCUT2D eigenvalue weighted by Crippen LogP contribution is -1.99. The third-order valence-corrected chi connectivity index (χ3v) is 2.62. The van der Waals surface area contributed by atoms with Crippen molar-refractivity contribution >= 4 is 17.4 Å². The maximum absolute atomic E-state index is 11.8. The van der Waals surface area contributed by atoms with E-state index < -0.39 is 0 Å². The summed E-state index contributed by atoms with van der Waals surface area (Å²) < 4.78 is 0. The van der Waals surface area contributed by atoms with Gasteiger partial charge in [0.2, 0.25) is 0 Å². The number of carbonyl (C=O) groups is 1. The number of Topliss-reactive ketones (excluding diaryl/α,β-unsaturated/α-hetero) is 1. The molecule has 0 fully saturated rings. The molecular weight excluding hydrogens is 208 g/mol. The molecule has 0 unspecified atom stereocenters. The molecule has 0 amide bonds. The molecule has 0 aliphatic heterocycles. The number of hydrogen-bond donors (Lipinski definition) is 0. The quantitative estimate of drug-likeness (QED) is 0.706. The van der Waals surface area contributed by atoms with E-state index in [0.717, 1.165) is 6.42 Å². The molecular formula is C13H11ClO. The van der Waals surface area contributed by atoms with Crippen LogP contribution in [-0.4, -0.2) is 5.78 Å². The summed E-state index contributed by atoms with van der Waals surface area (Å²) in [6.45, 7) is 0. The Bertz CT molecular complexity index is 444. The number of rotatable bonds is 3. The van der Waals surface area contributed by atoms with Crippen LogP contribution in [0.2, 0.25) is 5.02 Å². The SMILES string of the molecule is O=C(CC1=CC=CC1)c1cccc(Cl)c1. The van der Waals surface area contributed by atoms with E-state index >= 15 is 0 Å². The van der Waals surface area contributed by atoms with Gasteiger partial charge in [-0.05, 0) is 18.6 Å². The van der Waals surface area contributed by atoms with Crippen molar-refractivity contribution in [2.45, 2.75) is 12.8 Å². The molecule has 0 aromatic heterocycles. The van der Waals surface area contributed by atoms with Crippen LogP contribution in [0.4, 0.5) is 0 Å². The fourth-order valence-corrected chi connectivity index (χ4v) is 1.78. The van der Waals surface area contributed by atoms with Gasteiger partial charge in [0, 0.05) is 17.0 Å². The van der Waals surface area contributed by atoms with Crippen LogP contribution in [0.15, 0.2) is 48.1 Å². The van der Waals surface area contributed by atoms with Gasteiger partial charge >= 0.3 is 0 Å². The lowest BCUT2D eigenvalue weighted by molar-refractivity contribution is 0.0992. The van der Waals surface area contributed by atoms with Crippen LogP contribution in [0.3, 0.4) is 0 Å². The van der Waals surface area contributed by atoms with Gasteiger partial charge in [0.25, 0.3) is 0 Å². The van der Waals surface area contributed by atoms with Crippen LogP contribution in [-0.2, 0) is 0 Å². The Morgan fingerprint density at radius 1 is 1.40 bits per heavy atom. The van der Waals surface area contributed by atoms with Gasteiger partial charge in [0.05, 0.1) is 0 Å². The maximum Gasteiger partial charge on any atom is 0.166 e. The molecule has 1 aromatic carbocycles. The standard InChI is InChI=1S/C13H11ClO/c14-12-7-3-6-11(9-12)13(15)8-10-4-1-2-5-10/h1-4,6-7,9H,5,8H2. The van der Waals surface area contributed by atoms with Crippen molar-refractivity contribution in [1.29, 1.82) is 0 Å². The number of allylic oxidation sites excluding steroid dienone is 4. The average Bonchev–Trinajstić information content (AvgIpc) is 2.70. The largest absolute Gasteiger partial charge is 0.294 e. The van der Waals surface area contributed by atoms with Crippen LogP contribution < -0.4 is 0 Å². The second-order valence-corrected chi connectivity index (χ2v) is 4.00. The Morgan fingerprint density at radius 2 is 2.27 bits per heavy atom. The lowest BCUT2D eigenvalue weighted by Gasteiger charge is -2.02. The van der Waals surface area contributed by atoms with E-state index in [2.05, 4.69) is 6.08 Å². The van der Waals surface area contributed by atoms with Gasteiger partial charge in [-0.25, -0.2) is 0 Å². The number of halogens is 1. The molecule has 2 rings (SSSR count). The molecule has 0 saturated heterocycles. The number of ketones is 1. The van der Waals surface area contributed by atoms with Gasteiger partial charge in [-0.2, -0.15) is 0 Å². The molecule has 1 aliphatic rings. The molecule has 0 atom stereocenters. The highest BCUT2D eigenvalue weighted by Gasteiger charge is 2.09. The predicted molar refractivity (Wildman–Crippen MR) is 62.2 cm³/mol. The van der Waals surface area contributed by atoms with Gasteiger partial charge in [0.15, 0.2) is 5.78 Å². The summed E-state index contributed by atoms with van der Waals surface area (Å²) in [5, 5.41) is 0.611.